The van der Waals surface area contributed by atoms with Crippen LogP contribution in [0.3, 0.4) is 0 Å². The van der Waals surface area contributed by atoms with Crippen LogP contribution in [-0.4, -0.2) is 10.7 Å². The molecule has 0 amide bonds. The maximum atomic E-state index is 11.3. The Kier molecular flexibility index (Phi) is 2.69. The molecule has 2 aromatic rings. The molecule has 0 aliphatic rings. The molecule has 17 heavy (non-hydrogen) atoms. The van der Waals surface area contributed by atoms with Crippen LogP contribution in [0.2, 0.25) is 0 Å². The summed E-state index contributed by atoms with van der Waals surface area (Å²) in [4.78, 5) is 3.31. The summed E-state index contributed by atoms with van der Waals surface area (Å²) in [6.07, 6.45) is 0. The Morgan fingerprint density at radius 1 is 1.24 bits per heavy atom. The van der Waals surface area contributed by atoms with Gasteiger partial charge in [0.05, 0.1) is 5.56 Å². The third-order valence-corrected chi connectivity index (χ3v) is 3.00. The van der Waals surface area contributed by atoms with Crippen molar-refractivity contribution in [3.63, 3.8) is 0 Å². The summed E-state index contributed by atoms with van der Waals surface area (Å²) in [7, 11) is 0. The highest BCUT2D eigenvalue weighted by Gasteiger charge is 2.29. The van der Waals surface area contributed by atoms with Gasteiger partial charge in [-0.05, 0) is 13.0 Å². The smallest absolute Gasteiger partial charge is 0.200 e. The average molecular weight is 230 g/mol. The van der Waals surface area contributed by atoms with E-state index in [1.54, 1.807) is 0 Å². The minimum atomic E-state index is -0.197. The largest absolute Gasteiger partial charge is 0.625 e. The first kappa shape index (κ1) is 11.7. The normalized spacial score (nSPS) is 13.3. The number of aryl methyl sites for hydroxylation is 1. The van der Waals surface area contributed by atoms with Gasteiger partial charge in [-0.1, -0.05) is 39.0 Å². The van der Waals surface area contributed by atoms with E-state index in [1.165, 1.54) is 0 Å². The maximum absolute atomic E-state index is 11.3. The van der Waals surface area contributed by atoms with Gasteiger partial charge in [0.2, 0.25) is 0 Å². The van der Waals surface area contributed by atoms with E-state index in [-0.39, 0.29) is 5.41 Å². The first-order valence-corrected chi connectivity index (χ1v) is 5.78. The molecular weight excluding hydrogens is 212 g/mol. The number of aromatic amines is 1. The predicted octanol–water partition coefficient (Wildman–Crippen LogP) is 1.89. The minimum Gasteiger partial charge on any atom is -0.625 e. The van der Waals surface area contributed by atoms with Crippen LogP contribution in [0, 0.1) is 17.5 Å². The van der Waals surface area contributed by atoms with Crippen LogP contribution in [0.5, 0.6) is 0 Å². The number of aromatic nitrogens is 1. The molecule has 90 valence electrons. The number of fused-ring (bicyclic) bond motifs is 1. The monoisotopic (exact) mass is 230 g/mol. The number of rotatable bonds is 1. The molecule has 3 nitrogen and oxygen atoms in total. The second kappa shape index (κ2) is 3.91. The molecule has 2 N–H and O–H groups in total. The molecule has 0 saturated carbocycles. The number of hydrogen-bond donors (Lipinski definition) is 2. The molecule has 0 spiro atoms. The summed E-state index contributed by atoms with van der Waals surface area (Å²) in [6, 6.07) is 8.04. The van der Waals surface area contributed by atoms with E-state index in [9.17, 15) is 5.21 Å². The number of para-hydroxylation sites is 1. The van der Waals surface area contributed by atoms with Crippen LogP contribution in [0.15, 0.2) is 24.3 Å². The summed E-state index contributed by atoms with van der Waals surface area (Å²) in [5.74, 6) is 0. The van der Waals surface area contributed by atoms with Crippen molar-refractivity contribution in [2.24, 2.45) is 5.41 Å². The van der Waals surface area contributed by atoms with E-state index in [0.717, 1.165) is 27.9 Å². The molecule has 1 aromatic heterocycles. The molecule has 0 fully saturated rings. The molecule has 0 radical (unpaired) electrons. The zero-order valence-electron chi connectivity index (χ0n) is 10.7. The minimum absolute atomic E-state index is 0.197. The lowest BCUT2D eigenvalue weighted by atomic mass is 9.84. The van der Waals surface area contributed by atoms with Crippen molar-refractivity contribution in [3.8, 4) is 0 Å². The maximum Gasteiger partial charge on any atom is 0.200 e. The highest BCUT2D eigenvalue weighted by atomic mass is 16.4. The van der Waals surface area contributed by atoms with E-state index >= 15 is 0 Å². The Morgan fingerprint density at radius 2 is 1.88 bits per heavy atom. The van der Waals surface area contributed by atoms with E-state index in [4.69, 9.17) is 0 Å². The molecule has 0 saturated heterocycles. The third kappa shape index (κ3) is 1.93. The van der Waals surface area contributed by atoms with E-state index < -0.39 is 0 Å². The molecule has 0 atom stereocenters. The quantitative estimate of drug-likeness (QED) is 0.439. The van der Waals surface area contributed by atoms with E-state index in [2.05, 4.69) is 10.1 Å². The van der Waals surface area contributed by atoms with Gasteiger partial charge < -0.3 is 10.2 Å². The van der Waals surface area contributed by atoms with Gasteiger partial charge in [-0.15, -0.1) is 0 Å². The number of hydrogen-bond acceptors (Lipinski definition) is 1. The van der Waals surface area contributed by atoms with Gasteiger partial charge in [-0.3, -0.25) is 0 Å². The Morgan fingerprint density at radius 3 is 2.47 bits per heavy atom. The van der Waals surface area contributed by atoms with Gasteiger partial charge in [-0.25, -0.2) is 5.16 Å². The second-order valence-electron chi connectivity index (χ2n) is 5.40. The standard InChI is InChI=1S/C14H18N2O/c1-9-12(13(16-17)14(2,3)4)10-7-5-6-8-11(10)15-9/h5-8,15-16H,1-4H3. The van der Waals surface area contributed by atoms with E-state index in [1.807, 2.05) is 52.0 Å². The summed E-state index contributed by atoms with van der Waals surface area (Å²) in [5.41, 5.74) is 3.63. The molecule has 0 bridgehead atoms. The SMILES string of the molecule is Cc1[nH]c2ccccc2c1C(=[NH+][O-])C(C)(C)C. The molecule has 1 aromatic carbocycles. The van der Waals surface area contributed by atoms with Gasteiger partial charge in [0.1, 0.15) is 0 Å². The van der Waals surface area contributed by atoms with Crippen LogP contribution in [-0.2, 0) is 0 Å². The molecule has 2 rings (SSSR count). The van der Waals surface area contributed by atoms with Gasteiger partial charge >= 0.3 is 0 Å². The molecule has 0 unspecified atom stereocenters. The van der Waals surface area contributed by atoms with Gasteiger partial charge in [-0.2, -0.15) is 0 Å². The summed E-state index contributed by atoms with van der Waals surface area (Å²) in [6.45, 7) is 8.11. The first-order valence-electron chi connectivity index (χ1n) is 5.78. The summed E-state index contributed by atoms with van der Waals surface area (Å²) in [5, 5.41) is 14.5. The van der Waals surface area contributed by atoms with Crippen molar-refractivity contribution in [3.05, 3.63) is 40.7 Å². The summed E-state index contributed by atoms with van der Waals surface area (Å²) >= 11 is 0. The van der Waals surface area contributed by atoms with Crippen LogP contribution in [0.4, 0.5) is 0 Å². The van der Waals surface area contributed by atoms with Crippen molar-refractivity contribution >= 4 is 16.6 Å². The average Bonchev–Trinajstić information content (AvgIpc) is 2.55. The van der Waals surface area contributed by atoms with Gasteiger partial charge in [0.15, 0.2) is 5.71 Å². The fourth-order valence-corrected chi connectivity index (χ4v) is 2.18. The molecule has 0 aliphatic heterocycles. The fourth-order valence-electron chi connectivity index (χ4n) is 2.18. The topological polar surface area (TPSA) is 52.8 Å². The molecule has 1 heterocycles. The Hall–Kier alpha value is -1.77. The lowest BCUT2D eigenvalue weighted by molar-refractivity contribution is -0.377. The predicted molar refractivity (Wildman–Crippen MR) is 70.9 cm³/mol. The van der Waals surface area contributed by atoms with Gasteiger partial charge in [0, 0.05) is 22.0 Å². The Bertz CT molecular complexity index is 573. The number of nitrogens with one attached hydrogen (secondary N) is 2. The highest BCUT2D eigenvalue weighted by molar-refractivity contribution is 6.11. The lowest BCUT2D eigenvalue weighted by Gasteiger charge is -2.17. The zero-order valence-corrected chi connectivity index (χ0v) is 10.7. The van der Waals surface area contributed by atoms with Gasteiger partial charge in [0.25, 0.3) is 0 Å². The fraction of sp³-hybridized carbons (Fsp3) is 0.357. The van der Waals surface area contributed by atoms with Crippen molar-refractivity contribution in [2.75, 3.05) is 0 Å². The van der Waals surface area contributed by atoms with Crippen LogP contribution < -0.4 is 5.16 Å². The van der Waals surface area contributed by atoms with Crippen LogP contribution in [0.1, 0.15) is 32.0 Å². The highest BCUT2D eigenvalue weighted by Crippen LogP contribution is 2.27. The second-order valence-corrected chi connectivity index (χ2v) is 5.40. The van der Waals surface area contributed by atoms with Crippen molar-refractivity contribution in [1.29, 1.82) is 0 Å². The van der Waals surface area contributed by atoms with E-state index in [0.29, 0.717) is 0 Å². The zero-order chi connectivity index (χ0) is 12.6. The molecular formula is C14H18N2O. The van der Waals surface area contributed by atoms with Crippen molar-refractivity contribution in [1.82, 2.24) is 4.98 Å². The first-order chi connectivity index (χ1) is 7.95. The number of H-pyrrole nitrogens is 1. The van der Waals surface area contributed by atoms with Crippen molar-refractivity contribution < 1.29 is 5.16 Å². The Balaban J connectivity index is 2.74. The third-order valence-electron chi connectivity index (χ3n) is 3.00. The van der Waals surface area contributed by atoms with Crippen LogP contribution >= 0.6 is 0 Å². The number of benzene rings is 1. The van der Waals surface area contributed by atoms with Crippen molar-refractivity contribution in [2.45, 2.75) is 27.7 Å². The van der Waals surface area contributed by atoms with Crippen LogP contribution in [0.25, 0.3) is 10.9 Å². The molecule has 0 aliphatic carbocycles. The lowest BCUT2D eigenvalue weighted by Crippen LogP contribution is -2.69. The Labute approximate surface area is 101 Å². The molecule has 3 heteroatoms. The summed E-state index contributed by atoms with van der Waals surface area (Å²) < 4.78 is 0.